The van der Waals surface area contributed by atoms with Gasteiger partial charge in [-0.05, 0) is 31.9 Å². The Labute approximate surface area is 171 Å². The zero-order chi connectivity index (χ0) is 21.6. The number of methoxy groups -OCH3 is 1. The Morgan fingerprint density at radius 2 is 1.76 bits per heavy atom. The normalized spacial score (nSPS) is 23.7. The Morgan fingerprint density at radius 3 is 2.21 bits per heavy atom. The van der Waals surface area contributed by atoms with Gasteiger partial charge in [-0.15, -0.1) is 6.58 Å². The topological polar surface area (TPSA) is 88.1 Å². The lowest BCUT2D eigenvalue weighted by atomic mass is 9.61. The smallest absolute Gasteiger partial charge is 0.338 e. The Hall–Kier alpha value is -2.67. The lowest BCUT2D eigenvalue weighted by Gasteiger charge is -2.52. The molecule has 2 rings (SSSR count). The van der Waals surface area contributed by atoms with Gasteiger partial charge in [-0.25, -0.2) is 4.79 Å². The summed E-state index contributed by atoms with van der Waals surface area (Å²) in [6.07, 6.45) is -0.223. The van der Waals surface area contributed by atoms with Crippen LogP contribution in [0.4, 0.5) is 0 Å². The zero-order valence-electron chi connectivity index (χ0n) is 17.3. The second kappa shape index (κ2) is 9.69. The SMILES string of the molecule is C=C[C@]1(C(OC(C)=O)C(OC(C)=O)C(C)OC)CC[C@H]1OC(=O)c1ccccc1. The van der Waals surface area contributed by atoms with Crippen molar-refractivity contribution in [2.45, 2.75) is 58.0 Å². The van der Waals surface area contributed by atoms with Gasteiger partial charge in [0.15, 0.2) is 12.2 Å². The third kappa shape index (κ3) is 5.03. The maximum Gasteiger partial charge on any atom is 0.338 e. The van der Waals surface area contributed by atoms with E-state index in [9.17, 15) is 14.4 Å². The highest BCUT2D eigenvalue weighted by Crippen LogP contribution is 2.50. The molecule has 1 saturated carbocycles. The molecule has 1 aromatic rings. The fourth-order valence-corrected chi connectivity index (χ4v) is 3.60. The van der Waals surface area contributed by atoms with Gasteiger partial charge >= 0.3 is 17.9 Å². The first-order chi connectivity index (χ1) is 13.7. The van der Waals surface area contributed by atoms with Crippen molar-refractivity contribution < 1.29 is 33.3 Å². The molecule has 7 nitrogen and oxygen atoms in total. The van der Waals surface area contributed by atoms with Crippen LogP contribution in [-0.2, 0) is 28.5 Å². The summed E-state index contributed by atoms with van der Waals surface area (Å²) in [6.45, 7) is 8.15. The molecule has 3 unspecified atom stereocenters. The number of hydrogen-bond donors (Lipinski definition) is 0. The summed E-state index contributed by atoms with van der Waals surface area (Å²) in [5.41, 5.74) is -0.480. The molecule has 29 heavy (non-hydrogen) atoms. The van der Waals surface area contributed by atoms with Crippen LogP contribution in [0.25, 0.3) is 0 Å². The van der Waals surface area contributed by atoms with E-state index in [1.165, 1.54) is 21.0 Å². The maximum atomic E-state index is 12.6. The highest BCUT2D eigenvalue weighted by Gasteiger charge is 2.58. The van der Waals surface area contributed by atoms with Crippen LogP contribution in [0.1, 0.15) is 44.0 Å². The third-order valence-corrected chi connectivity index (χ3v) is 5.34. The summed E-state index contributed by atoms with van der Waals surface area (Å²) >= 11 is 0. The van der Waals surface area contributed by atoms with Crippen LogP contribution < -0.4 is 0 Å². The van der Waals surface area contributed by atoms with Gasteiger partial charge in [0.2, 0.25) is 0 Å². The Balaban J connectivity index is 2.34. The molecule has 1 aliphatic rings. The molecule has 0 amide bonds. The van der Waals surface area contributed by atoms with Crippen molar-refractivity contribution >= 4 is 17.9 Å². The van der Waals surface area contributed by atoms with Gasteiger partial charge in [0.1, 0.15) is 6.10 Å². The van der Waals surface area contributed by atoms with Gasteiger partial charge in [-0.2, -0.15) is 0 Å². The fourth-order valence-electron chi connectivity index (χ4n) is 3.60. The molecule has 7 heteroatoms. The predicted octanol–water partition coefficient (Wildman–Crippen LogP) is 3.08. The quantitative estimate of drug-likeness (QED) is 0.355. The molecule has 158 valence electrons. The molecule has 0 saturated heterocycles. The van der Waals surface area contributed by atoms with Crippen molar-refractivity contribution in [3.63, 3.8) is 0 Å². The maximum absolute atomic E-state index is 12.6. The molecule has 1 aromatic carbocycles. The Bertz CT molecular complexity index is 745. The van der Waals surface area contributed by atoms with E-state index in [0.29, 0.717) is 18.4 Å². The third-order valence-electron chi connectivity index (χ3n) is 5.34. The second-order valence-electron chi connectivity index (χ2n) is 7.16. The van der Waals surface area contributed by atoms with Crippen molar-refractivity contribution in [3.8, 4) is 0 Å². The van der Waals surface area contributed by atoms with E-state index < -0.39 is 47.7 Å². The minimum atomic E-state index is -0.918. The molecular formula is C22H28O7. The van der Waals surface area contributed by atoms with E-state index in [1.807, 2.05) is 0 Å². The standard InChI is InChI=1S/C22H28O7/c1-6-22(13-12-18(22)29-21(25)17-10-8-7-9-11-17)20(28-16(4)24)19(14(2)26-5)27-15(3)23/h6-11,14,18-20H,1,12-13H2,2-5H3/t14?,18-,19?,20?,22+/m1/s1. The first-order valence-corrected chi connectivity index (χ1v) is 9.52. The van der Waals surface area contributed by atoms with E-state index in [0.717, 1.165) is 0 Å². The van der Waals surface area contributed by atoms with Crippen molar-refractivity contribution in [1.82, 2.24) is 0 Å². The lowest BCUT2D eigenvalue weighted by molar-refractivity contribution is -0.207. The number of ether oxygens (including phenoxy) is 4. The van der Waals surface area contributed by atoms with Gasteiger partial charge in [-0.3, -0.25) is 9.59 Å². The van der Waals surface area contributed by atoms with Crippen LogP contribution in [0, 0.1) is 5.41 Å². The monoisotopic (exact) mass is 404 g/mol. The Kier molecular flexibility index (Phi) is 7.56. The molecule has 1 fully saturated rings. The first-order valence-electron chi connectivity index (χ1n) is 9.52. The molecule has 5 atom stereocenters. The van der Waals surface area contributed by atoms with Crippen LogP contribution in [0.5, 0.6) is 0 Å². The lowest BCUT2D eigenvalue weighted by Crippen LogP contribution is -2.61. The van der Waals surface area contributed by atoms with Crippen LogP contribution in [0.2, 0.25) is 0 Å². The zero-order valence-corrected chi connectivity index (χ0v) is 17.3. The van der Waals surface area contributed by atoms with Crippen LogP contribution in [-0.4, -0.2) is 49.4 Å². The largest absolute Gasteiger partial charge is 0.458 e. The summed E-state index contributed by atoms with van der Waals surface area (Å²) in [5, 5.41) is 0. The highest BCUT2D eigenvalue weighted by atomic mass is 16.6. The van der Waals surface area contributed by atoms with E-state index >= 15 is 0 Å². The van der Waals surface area contributed by atoms with Gasteiger partial charge in [-0.1, -0.05) is 24.3 Å². The number of rotatable bonds is 9. The number of esters is 3. The van der Waals surface area contributed by atoms with Crippen molar-refractivity contribution in [2.75, 3.05) is 7.11 Å². The molecule has 0 bridgehead atoms. The molecular weight excluding hydrogens is 376 g/mol. The first kappa shape index (κ1) is 22.6. The number of carbonyl (C=O) groups excluding carboxylic acids is 3. The van der Waals surface area contributed by atoms with Crippen molar-refractivity contribution in [3.05, 3.63) is 48.6 Å². The number of carbonyl (C=O) groups is 3. The summed E-state index contributed by atoms with van der Waals surface area (Å²) in [7, 11) is 1.47. The molecule has 1 aliphatic carbocycles. The van der Waals surface area contributed by atoms with E-state index in [4.69, 9.17) is 18.9 Å². The summed E-state index contributed by atoms with van der Waals surface area (Å²) < 4.78 is 22.1. The predicted molar refractivity (Wildman–Crippen MR) is 105 cm³/mol. The molecule has 0 spiro atoms. The van der Waals surface area contributed by atoms with Crippen molar-refractivity contribution in [2.24, 2.45) is 5.41 Å². The average Bonchev–Trinajstić information content (AvgIpc) is 2.69. The minimum Gasteiger partial charge on any atom is -0.458 e. The molecule has 0 heterocycles. The minimum absolute atomic E-state index is 0.420. The summed E-state index contributed by atoms with van der Waals surface area (Å²) in [5.74, 6) is -1.56. The van der Waals surface area contributed by atoms with Gasteiger partial charge in [0.25, 0.3) is 0 Å². The van der Waals surface area contributed by atoms with E-state index in [-0.39, 0.29) is 0 Å². The highest BCUT2D eigenvalue weighted by molar-refractivity contribution is 5.89. The van der Waals surface area contributed by atoms with Gasteiger partial charge < -0.3 is 18.9 Å². The summed E-state index contributed by atoms with van der Waals surface area (Å²) in [6, 6.07) is 8.62. The average molecular weight is 404 g/mol. The van der Waals surface area contributed by atoms with Crippen LogP contribution in [0.3, 0.4) is 0 Å². The van der Waals surface area contributed by atoms with Gasteiger partial charge in [0, 0.05) is 21.0 Å². The molecule has 0 radical (unpaired) electrons. The van der Waals surface area contributed by atoms with Crippen LogP contribution in [0.15, 0.2) is 43.0 Å². The molecule has 0 aromatic heterocycles. The van der Waals surface area contributed by atoms with Gasteiger partial charge in [0.05, 0.1) is 17.1 Å². The molecule has 0 N–H and O–H groups in total. The van der Waals surface area contributed by atoms with Crippen molar-refractivity contribution in [1.29, 1.82) is 0 Å². The fraction of sp³-hybridized carbons (Fsp3) is 0.500. The van der Waals surface area contributed by atoms with E-state index in [2.05, 4.69) is 6.58 Å². The Morgan fingerprint density at radius 1 is 1.14 bits per heavy atom. The van der Waals surface area contributed by atoms with Crippen LogP contribution >= 0.6 is 0 Å². The second-order valence-corrected chi connectivity index (χ2v) is 7.16. The van der Waals surface area contributed by atoms with E-state index in [1.54, 1.807) is 43.3 Å². The number of benzene rings is 1. The number of hydrogen-bond acceptors (Lipinski definition) is 7. The summed E-state index contributed by atoms with van der Waals surface area (Å²) in [4.78, 5) is 36.1. The molecule has 0 aliphatic heterocycles.